The lowest BCUT2D eigenvalue weighted by atomic mass is 9.39. The number of rotatable bonds is 7. The van der Waals surface area contributed by atoms with E-state index in [-0.39, 0.29) is 53.3 Å². The second-order valence-electron chi connectivity index (χ2n) is 10.2. The van der Waals surface area contributed by atoms with Crippen molar-refractivity contribution in [1.29, 1.82) is 0 Å². The van der Waals surface area contributed by atoms with Gasteiger partial charge in [-0.25, -0.2) is 4.39 Å². The zero-order valence-electron chi connectivity index (χ0n) is 17.6. The molecule has 0 aliphatic heterocycles. The lowest BCUT2D eigenvalue weighted by molar-refractivity contribution is -0.185. The lowest BCUT2D eigenvalue weighted by Gasteiger charge is -2.69. The lowest BCUT2D eigenvalue weighted by Crippen LogP contribution is -2.78. The fraction of sp³-hybridized carbons (Fsp3) is 0.909. The average molecular weight is 463 g/mol. The van der Waals surface area contributed by atoms with Crippen molar-refractivity contribution in [2.75, 3.05) is 6.61 Å². The predicted octanol–water partition coefficient (Wildman–Crippen LogP) is 3.84. The van der Waals surface area contributed by atoms with Crippen molar-refractivity contribution >= 4 is 35.0 Å². The highest BCUT2D eigenvalue weighted by Gasteiger charge is 2.72. The number of alkyl halides is 3. The van der Waals surface area contributed by atoms with E-state index in [0.29, 0.717) is 38.0 Å². The van der Waals surface area contributed by atoms with Gasteiger partial charge in [0.15, 0.2) is 0 Å². The highest BCUT2D eigenvalue weighted by Crippen LogP contribution is 2.67. The van der Waals surface area contributed by atoms with E-state index < -0.39 is 11.5 Å². The second kappa shape index (κ2) is 8.74. The third-order valence-corrected chi connectivity index (χ3v) is 8.71. The summed E-state index contributed by atoms with van der Waals surface area (Å²) >= 11 is 12.1. The Labute approximate surface area is 188 Å². The molecule has 0 heterocycles. The van der Waals surface area contributed by atoms with Crippen LogP contribution in [-0.2, 0) is 14.3 Å². The van der Waals surface area contributed by atoms with E-state index in [0.717, 1.165) is 25.7 Å². The zero-order chi connectivity index (χ0) is 21.5. The van der Waals surface area contributed by atoms with Gasteiger partial charge in [0, 0.05) is 23.4 Å². The van der Waals surface area contributed by atoms with Crippen molar-refractivity contribution in [2.45, 2.75) is 106 Å². The van der Waals surface area contributed by atoms with Gasteiger partial charge in [-0.15, -0.1) is 23.2 Å². The Morgan fingerprint density at radius 3 is 2.40 bits per heavy atom. The largest absolute Gasteiger partial charge is 0.368 e. The minimum Gasteiger partial charge on any atom is -0.368 e. The van der Waals surface area contributed by atoms with Crippen LogP contribution in [0.2, 0.25) is 0 Å². The number of amides is 2. The minimum absolute atomic E-state index is 0.0639. The monoisotopic (exact) mass is 462 g/mol. The molecule has 5 fully saturated rings. The van der Waals surface area contributed by atoms with Gasteiger partial charge in [-0.1, -0.05) is 0 Å². The first-order chi connectivity index (χ1) is 14.2. The van der Waals surface area contributed by atoms with Gasteiger partial charge in [-0.05, 0) is 70.6 Å². The van der Waals surface area contributed by atoms with Crippen molar-refractivity contribution in [1.82, 2.24) is 10.6 Å². The number of carbonyl (C=O) groups excluding carboxylic acids is 2. The van der Waals surface area contributed by atoms with Crippen molar-refractivity contribution in [3.63, 3.8) is 0 Å². The summed E-state index contributed by atoms with van der Waals surface area (Å²) < 4.78 is 19.3. The highest BCUT2D eigenvalue weighted by atomic mass is 35.5. The molecule has 30 heavy (non-hydrogen) atoms. The number of nitrogens with one attached hydrogen (secondary N) is 2. The molecule has 5 saturated carbocycles. The number of ether oxygens (including phenoxy) is 1. The highest BCUT2D eigenvalue weighted by molar-refractivity contribution is 6.21. The molecular weight excluding hydrogens is 430 g/mol. The molecule has 2 amide bonds. The molecule has 0 aromatic carbocycles. The molecule has 4 atom stereocenters. The van der Waals surface area contributed by atoms with Crippen LogP contribution in [0, 0.1) is 11.3 Å². The van der Waals surface area contributed by atoms with E-state index in [1.54, 1.807) is 0 Å². The van der Waals surface area contributed by atoms with Gasteiger partial charge < -0.3 is 15.4 Å². The summed E-state index contributed by atoms with van der Waals surface area (Å²) in [6, 6.07) is 0.164. The Balaban J connectivity index is 1.15. The molecule has 0 radical (unpaired) electrons. The number of carbonyl (C=O) groups is 2. The van der Waals surface area contributed by atoms with Crippen LogP contribution < -0.4 is 10.6 Å². The second-order valence-corrected chi connectivity index (χ2v) is 11.4. The molecule has 0 saturated heterocycles. The maximum atomic E-state index is 13.7. The Kier molecular flexibility index (Phi) is 6.59. The summed E-state index contributed by atoms with van der Waals surface area (Å²) in [6.07, 6.45) is 6.45. The van der Waals surface area contributed by atoms with E-state index in [4.69, 9.17) is 27.9 Å². The Hall–Kier alpha value is -0.590. The number of hydrogen-bond donors (Lipinski definition) is 2. The Morgan fingerprint density at radius 2 is 1.77 bits per heavy atom. The molecule has 8 heteroatoms. The van der Waals surface area contributed by atoms with Crippen LogP contribution in [0.3, 0.4) is 0 Å². The van der Waals surface area contributed by atoms with E-state index in [1.165, 1.54) is 0 Å². The number of halogens is 3. The summed E-state index contributed by atoms with van der Waals surface area (Å²) in [7, 11) is 0. The summed E-state index contributed by atoms with van der Waals surface area (Å²) in [5, 5.41) is 6.10. The van der Waals surface area contributed by atoms with Gasteiger partial charge in [-0.3, -0.25) is 9.59 Å². The molecule has 0 spiro atoms. The van der Waals surface area contributed by atoms with Gasteiger partial charge >= 0.3 is 0 Å². The van der Waals surface area contributed by atoms with E-state index in [1.807, 2.05) is 0 Å². The quantitative estimate of drug-likeness (QED) is 0.564. The van der Waals surface area contributed by atoms with E-state index >= 15 is 0 Å². The standard InChI is InChI=1S/C22H33Cl2FN2O3/c1-13(14-2-4-15(23)5-3-14)26-20(29)21-10-22(11-21,12-21)27-19(28)9-30-16-6-7-17(24)18(25)8-16/h13-18H,2-12H2,1H3,(H,26,29)(H,27,28)/t13-,14?,15?,16?,17?,18?,21?,22?/m0/s1. The molecular formula is C22H33Cl2FN2O3. The van der Waals surface area contributed by atoms with Gasteiger partial charge in [0.05, 0.1) is 16.9 Å². The third kappa shape index (κ3) is 4.61. The molecule has 3 unspecified atom stereocenters. The minimum atomic E-state index is -1.07. The molecule has 2 bridgehead atoms. The third-order valence-electron chi connectivity index (χ3n) is 7.78. The van der Waals surface area contributed by atoms with E-state index in [9.17, 15) is 14.0 Å². The molecule has 0 aromatic heterocycles. The van der Waals surface area contributed by atoms with Crippen LogP contribution in [0.5, 0.6) is 0 Å². The number of hydrogen-bond acceptors (Lipinski definition) is 3. The normalized spacial score (nSPS) is 43.7. The molecule has 5 aliphatic carbocycles. The fourth-order valence-electron chi connectivity index (χ4n) is 5.94. The SMILES string of the molecule is C[C@H](NC(=O)C12CC(NC(=O)COC3CCC(Cl)C(F)C3)(C1)C2)C1CCC(Cl)CC1. The Bertz CT molecular complexity index is 651. The van der Waals surface area contributed by atoms with E-state index in [2.05, 4.69) is 17.6 Å². The first kappa shape index (κ1) is 22.6. The van der Waals surface area contributed by atoms with Crippen molar-refractivity contribution in [3.05, 3.63) is 0 Å². The van der Waals surface area contributed by atoms with Gasteiger partial charge in [0.1, 0.15) is 12.8 Å². The average Bonchev–Trinajstić information content (AvgIpc) is 2.64. The zero-order valence-corrected chi connectivity index (χ0v) is 19.1. The van der Waals surface area contributed by atoms with Crippen LogP contribution in [0.25, 0.3) is 0 Å². The smallest absolute Gasteiger partial charge is 0.246 e. The van der Waals surface area contributed by atoms with Crippen LogP contribution in [0.4, 0.5) is 4.39 Å². The molecule has 2 N–H and O–H groups in total. The maximum Gasteiger partial charge on any atom is 0.246 e. The summed E-state index contributed by atoms with van der Waals surface area (Å²) in [5.41, 5.74) is -0.569. The molecule has 5 aliphatic rings. The molecule has 0 aromatic rings. The van der Waals surface area contributed by atoms with Gasteiger partial charge in [-0.2, -0.15) is 0 Å². The first-order valence-electron chi connectivity index (χ1n) is 11.4. The van der Waals surface area contributed by atoms with Crippen LogP contribution in [-0.4, -0.2) is 53.0 Å². The maximum absolute atomic E-state index is 13.7. The summed E-state index contributed by atoms with van der Waals surface area (Å²) in [4.78, 5) is 25.1. The van der Waals surface area contributed by atoms with Crippen molar-refractivity contribution in [2.24, 2.45) is 11.3 Å². The van der Waals surface area contributed by atoms with Gasteiger partial charge in [0.25, 0.3) is 0 Å². The molecule has 5 rings (SSSR count). The fourth-order valence-corrected chi connectivity index (χ4v) is 6.42. The van der Waals surface area contributed by atoms with Crippen LogP contribution >= 0.6 is 23.2 Å². The predicted molar refractivity (Wildman–Crippen MR) is 114 cm³/mol. The first-order valence-corrected chi connectivity index (χ1v) is 12.2. The molecule has 5 nitrogen and oxygen atoms in total. The van der Waals surface area contributed by atoms with Crippen LogP contribution in [0.1, 0.15) is 71.1 Å². The molecule has 170 valence electrons. The van der Waals surface area contributed by atoms with Crippen molar-refractivity contribution < 1.29 is 18.7 Å². The summed E-state index contributed by atoms with van der Waals surface area (Å²) in [5.74, 6) is 0.445. The summed E-state index contributed by atoms with van der Waals surface area (Å²) in [6.45, 7) is 2.03. The van der Waals surface area contributed by atoms with Crippen LogP contribution in [0.15, 0.2) is 0 Å². The van der Waals surface area contributed by atoms with Crippen molar-refractivity contribution in [3.8, 4) is 0 Å². The topological polar surface area (TPSA) is 67.4 Å². The van der Waals surface area contributed by atoms with Gasteiger partial charge in [0.2, 0.25) is 11.8 Å². The Morgan fingerprint density at radius 1 is 1.10 bits per heavy atom.